The Bertz CT molecular complexity index is 360. The highest BCUT2D eigenvalue weighted by Crippen LogP contribution is 2.51. The second-order valence-corrected chi connectivity index (χ2v) is 7.59. The van der Waals surface area contributed by atoms with Crippen molar-refractivity contribution in [2.24, 2.45) is 5.41 Å². The van der Waals surface area contributed by atoms with Crippen LogP contribution >= 0.6 is 11.8 Å². The van der Waals surface area contributed by atoms with Crippen LogP contribution in [0.2, 0.25) is 0 Å². The van der Waals surface area contributed by atoms with Gasteiger partial charge >= 0.3 is 5.97 Å². The quantitative estimate of drug-likeness (QED) is 0.819. The van der Waals surface area contributed by atoms with Crippen LogP contribution in [0.5, 0.6) is 0 Å². The molecule has 1 atom stereocenters. The molecule has 0 aromatic heterocycles. The molecule has 1 unspecified atom stereocenters. The maximum absolute atomic E-state index is 12.4. The van der Waals surface area contributed by atoms with Crippen LogP contribution < -0.4 is 0 Å². The lowest BCUT2D eigenvalue weighted by atomic mass is 10.1. The van der Waals surface area contributed by atoms with E-state index >= 15 is 0 Å². The molecular formula is C15H25NO3S. The number of likely N-dealkylation sites (tertiary alicyclic amines) is 1. The van der Waals surface area contributed by atoms with Crippen LogP contribution in [0.1, 0.15) is 51.9 Å². The third-order valence-electron chi connectivity index (χ3n) is 4.39. The summed E-state index contributed by atoms with van der Waals surface area (Å²) in [6, 6.07) is 0. The van der Waals surface area contributed by atoms with Crippen molar-refractivity contribution in [2.45, 2.75) is 57.1 Å². The van der Waals surface area contributed by atoms with Gasteiger partial charge in [-0.05, 0) is 38.0 Å². The molecule has 0 radical (unpaired) electrons. The van der Waals surface area contributed by atoms with E-state index in [0.29, 0.717) is 0 Å². The number of thioether (sulfide) groups is 1. The number of aliphatic carboxylic acids is 1. The molecule has 5 heteroatoms. The highest BCUT2D eigenvalue weighted by Gasteiger charge is 2.44. The van der Waals surface area contributed by atoms with E-state index in [1.165, 1.54) is 12.8 Å². The Morgan fingerprint density at radius 3 is 2.30 bits per heavy atom. The van der Waals surface area contributed by atoms with E-state index in [4.69, 9.17) is 5.11 Å². The van der Waals surface area contributed by atoms with Crippen LogP contribution in [-0.4, -0.2) is 46.0 Å². The minimum atomic E-state index is -0.713. The Kier molecular flexibility index (Phi) is 5.35. The maximum atomic E-state index is 12.4. The minimum absolute atomic E-state index is 0.0240. The fraction of sp³-hybridized carbons (Fsp3) is 0.867. The fourth-order valence-electron chi connectivity index (χ4n) is 2.79. The lowest BCUT2D eigenvalue weighted by molar-refractivity contribution is -0.138. The fourth-order valence-corrected chi connectivity index (χ4v) is 4.08. The van der Waals surface area contributed by atoms with E-state index in [9.17, 15) is 9.59 Å². The van der Waals surface area contributed by atoms with E-state index in [-0.39, 0.29) is 23.0 Å². The SMILES string of the molecule is CC(SCC1(CC(=O)O)CC1)C(=O)N1CCCCCC1. The van der Waals surface area contributed by atoms with Gasteiger partial charge in [-0.3, -0.25) is 9.59 Å². The predicted octanol–water partition coefficient (Wildman–Crippen LogP) is 2.77. The lowest BCUT2D eigenvalue weighted by Crippen LogP contribution is -2.37. The topological polar surface area (TPSA) is 57.6 Å². The van der Waals surface area contributed by atoms with Gasteiger partial charge in [0.2, 0.25) is 5.91 Å². The number of hydrogen-bond acceptors (Lipinski definition) is 3. The number of amides is 1. The number of carboxylic acids is 1. The molecular weight excluding hydrogens is 274 g/mol. The van der Waals surface area contributed by atoms with Gasteiger partial charge < -0.3 is 10.0 Å². The molecule has 20 heavy (non-hydrogen) atoms. The van der Waals surface area contributed by atoms with Gasteiger partial charge in [-0.15, -0.1) is 11.8 Å². The summed E-state index contributed by atoms with van der Waals surface area (Å²) in [5.41, 5.74) is -0.0240. The standard InChI is InChI=1S/C15H25NO3S/c1-12(14(19)16-8-4-2-3-5-9-16)20-11-15(6-7-15)10-13(17)18/h12H,2-11H2,1H3,(H,17,18). The summed E-state index contributed by atoms with van der Waals surface area (Å²) >= 11 is 1.64. The van der Waals surface area contributed by atoms with E-state index in [2.05, 4.69) is 0 Å². The Morgan fingerprint density at radius 2 is 1.80 bits per heavy atom. The number of nitrogens with zero attached hydrogens (tertiary/aromatic N) is 1. The van der Waals surface area contributed by atoms with Crippen molar-refractivity contribution in [3.63, 3.8) is 0 Å². The third-order valence-corrected chi connectivity index (χ3v) is 5.87. The smallest absolute Gasteiger partial charge is 0.303 e. The second-order valence-electron chi connectivity index (χ2n) is 6.26. The van der Waals surface area contributed by atoms with Crippen molar-refractivity contribution < 1.29 is 14.7 Å². The zero-order chi connectivity index (χ0) is 14.6. The largest absolute Gasteiger partial charge is 0.481 e. The molecule has 0 bridgehead atoms. The van der Waals surface area contributed by atoms with Gasteiger partial charge in [0.05, 0.1) is 11.7 Å². The Hall–Kier alpha value is -0.710. The van der Waals surface area contributed by atoms with E-state index < -0.39 is 5.97 Å². The second kappa shape index (κ2) is 6.83. The number of hydrogen-bond donors (Lipinski definition) is 1. The zero-order valence-corrected chi connectivity index (χ0v) is 13.1. The Balaban J connectivity index is 1.77. The van der Waals surface area contributed by atoms with Crippen molar-refractivity contribution >= 4 is 23.6 Å². The van der Waals surface area contributed by atoms with Crippen molar-refractivity contribution in [1.82, 2.24) is 4.90 Å². The number of carbonyl (C=O) groups is 2. The molecule has 1 aliphatic heterocycles. The first-order chi connectivity index (χ1) is 9.52. The van der Waals surface area contributed by atoms with Gasteiger partial charge in [0.25, 0.3) is 0 Å². The molecule has 0 spiro atoms. The molecule has 2 fully saturated rings. The molecule has 1 N–H and O–H groups in total. The third kappa shape index (κ3) is 4.40. The summed E-state index contributed by atoms with van der Waals surface area (Å²) in [5, 5.41) is 8.87. The lowest BCUT2D eigenvalue weighted by Gasteiger charge is -2.24. The molecule has 1 amide bonds. The van der Waals surface area contributed by atoms with Gasteiger partial charge in [-0.1, -0.05) is 12.8 Å². The molecule has 114 valence electrons. The summed E-state index contributed by atoms with van der Waals surface area (Å²) < 4.78 is 0. The predicted molar refractivity (Wildman–Crippen MR) is 80.9 cm³/mol. The first kappa shape index (κ1) is 15.7. The minimum Gasteiger partial charge on any atom is -0.481 e. The molecule has 2 aliphatic rings. The molecule has 1 saturated heterocycles. The number of carbonyl (C=O) groups excluding carboxylic acids is 1. The molecule has 2 rings (SSSR count). The molecule has 1 aliphatic carbocycles. The van der Waals surface area contributed by atoms with Gasteiger partial charge in [-0.25, -0.2) is 0 Å². The van der Waals surface area contributed by atoms with Gasteiger partial charge in [0.15, 0.2) is 0 Å². The highest BCUT2D eigenvalue weighted by molar-refractivity contribution is 8.00. The van der Waals surface area contributed by atoms with Crippen LogP contribution in [-0.2, 0) is 9.59 Å². The van der Waals surface area contributed by atoms with Crippen molar-refractivity contribution in [2.75, 3.05) is 18.8 Å². The molecule has 1 saturated carbocycles. The summed E-state index contributed by atoms with van der Waals surface area (Å²) in [7, 11) is 0. The number of rotatable bonds is 6. The molecule has 0 aromatic carbocycles. The molecule has 4 nitrogen and oxygen atoms in total. The van der Waals surface area contributed by atoms with Crippen LogP contribution in [0.3, 0.4) is 0 Å². The Morgan fingerprint density at radius 1 is 1.20 bits per heavy atom. The van der Waals surface area contributed by atoms with Crippen LogP contribution in [0.25, 0.3) is 0 Å². The average molecular weight is 299 g/mol. The normalized spacial score (nSPS) is 22.9. The maximum Gasteiger partial charge on any atom is 0.303 e. The van der Waals surface area contributed by atoms with Crippen molar-refractivity contribution in [3.05, 3.63) is 0 Å². The first-order valence-corrected chi connectivity index (χ1v) is 8.69. The average Bonchev–Trinajstić information content (AvgIpc) is 3.18. The zero-order valence-electron chi connectivity index (χ0n) is 12.3. The van der Waals surface area contributed by atoms with Crippen molar-refractivity contribution in [1.29, 1.82) is 0 Å². The van der Waals surface area contributed by atoms with Crippen LogP contribution in [0.4, 0.5) is 0 Å². The van der Waals surface area contributed by atoms with Gasteiger partial charge in [0.1, 0.15) is 0 Å². The summed E-state index contributed by atoms with van der Waals surface area (Å²) in [5.74, 6) is 0.331. The van der Waals surface area contributed by atoms with Gasteiger partial charge in [-0.2, -0.15) is 0 Å². The molecule has 1 heterocycles. The monoisotopic (exact) mass is 299 g/mol. The summed E-state index contributed by atoms with van der Waals surface area (Å²) in [6.45, 7) is 3.75. The summed E-state index contributed by atoms with van der Waals surface area (Å²) in [6.07, 6.45) is 6.94. The van der Waals surface area contributed by atoms with Crippen LogP contribution in [0.15, 0.2) is 0 Å². The van der Waals surface area contributed by atoms with E-state index in [1.54, 1.807) is 11.8 Å². The Labute approximate surface area is 125 Å². The van der Waals surface area contributed by atoms with Gasteiger partial charge in [0, 0.05) is 18.8 Å². The van der Waals surface area contributed by atoms with Crippen LogP contribution in [0, 0.1) is 5.41 Å². The first-order valence-electron chi connectivity index (χ1n) is 7.65. The molecule has 0 aromatic rings. The summed E-state index contributed by atoms with van der Waals surface area (Å²) in [4.78, 5) is 25.2. The highest BCUT2D eigenvalue weighted by atomic mass is 32.2. The number of carboxylic acid groups (broad SMARTS) is 1. The van der Waals surface area contributed by atoms with Crippen molar-refractivity contribution in [3.8, 4) is 0 Å². The van der Waals surface area contributed by atoms with E-state index in [0.717, 1.165) is 44.5 Å². The van der Waals surface area contributed by atoms with E-state index in [1.807, 2.05) is 11.8 Å².